The fourth-order valence-corrected chi connectivity index (χ4v) is 2.41. The first-order valence-electron chi connectivity index (χ1n) is 8.90. The lowest BCUT2D eigenvalue weighted by Gasteiger charge is -2.08. The van der Waals surface area contributed by atoms with Gasteiger partial charge in [0.2, 0.25) is 0 Å². The first-order chi connectivity index (χ1) is 11.0. The third-order valence-corrected chi connectivity index (χ3v) is 3.62. The van der Waals surface area contributed by atoms with Crippen molar-refractivity contribution in [1.29, 1.82) is 0 Å². The van der Waals surface area contributed by atoms with Crippen LogP contribution < -0.4 is 16.0 Å². The van der Waals surface area contributed by atoms with E-state index in [-0.39, 0.29) is 0 Å². The predicted octanol–water partition coefficient (Wildman–Crippen LogP) is 1.35. The molecule has 7 nitrogen and oxygen atoms in total. The highest BCUT2D eigenvalue weighted by molar-refractivity contribution is 7.45. The van der Waals surface area contributed by atoms with Crippen LogP contribution in [-0.2, 0) is 4.57 Å². The van der Waals surface area contributed by atoms with Crippen LogP contribution in [0.2, 0.25) is 0 Å². The normalized spacial score (nSPS) is 21.3. The van der Waals surface area contributed by atoms with Crippen molar-refractivity contribution in [3.8, 4) is 0 Å². The van der Waals surface area contributed by atoms with Crippen LogP contribution in [0.25, 0.3) is 0 Å². The molecule has 0 aromatic carbocycles. The molecule has 6 N–H and O–H groups in total. The molecule has 3 rings (SSSR count). The molecule has 0 aliphatic carbocycles. The molecule has 3 aliphatic rings. The van der Waals surface area contributed by atoms with Gasteiger partial charge in [0.25, 0.3) is 0 Å². The summed E-state index contributed by atoms with van der Waals surface area (Å²) in [6, 6.07) is 0. The average Bonchev–Trinajstić information content (AvgIpc) is 2.59. The Morgan fingerprint density at radius 1 is 0.478 bits per heavy atom. The molecule has 3 fully saturated rings. The van der Waals surface area contributed by atoms with Crippen molar-refractivity contribution < 1.29 is 19.2 Å². The van der Waals surface area contributed by atoms with E-state index in [2.05, 4.69) is 16.0 Å². The predicted molar refractivity (Wildman–Crippen MR) is 94.4 cm³/mol. The molecule has 3 saturated heterocycles. The summed E-state index contributed by atoms with van der Waals surface area (Å²) in [5, 5.41) is 9.85. The van der Waals surface area contributed by atoms with E-state index in [0.717, 1.165) is 0 Å². The van der Waals surface area contributed by atoms with E-state index in [1.54, 1.807) is 0 Å². The molecule has 0 spiro atoms. The smallest absolute Gasteiger partial charge is 0.317 e. The maximum atomic E-state index is 8.88. The van der Waals surface area contributed by atoms with Crippen LogP contribution in [0.3, 0.4) is 0 Å². The van der Waals surface area contributed by atoms with Gasteiger partial charge in [-0.05, 0) is 77.8 Å². The number of phosphoric acid groups is 1. The van der Waals surface area contributed by atoms with E-state index >= 15 is 0 Å². The SMILES string of the molecule is C1CCNCC1.C1CCNCC1.C1CCNCC1.O=P(O)(O)O. The molecule has 8 heteroatoms. The highest BCUT2D eigenvalue weighted by Crippen LogP contribution is 2.25. The Kier molecular flexibility index (Phi) is 16.8. The van der Waals surface area contributed by atoms with Gasteiger partial charge in [-0.1, -0.05) is 19.3 Å². The molecule has 0 aromatic heterocycles. The monoisotopic (exact) mass is 353 g/mol. The number of hydrogen-bond donors (Lipinski definition) is 6. The van der Waals surface area contributed by atoms with Gasteiger partial charge in [-0.25, -0.2) is 4.57 Å². The molecule has 0 atom stereocenters. The van der Waals surface area contributed by atoms with Gasteiger partial charge >= 0.3 is 7.82 Å². The van der Waals surface area contributed by atoms with Gasteiger partial charge in [0, 0.05) is 0 Å². The molecule has 23 heavy (non-hydrogen) atoms. The third-order valence-electron chi connectivity index (χ3n) is 3.62. The molecule has 0 aromatic rings. The van der Waals surface area contributed by atoms with Gasteiger partial charge in [0.1, 0.15) is 0 Å². The molecule has 0 saturated carbocycles. The van der Waals surface area contributed by atoms with Gasteiger partial charge < -0.3 is 30.6 Å². The second kappa shape index (κ2) is 16.8. The maximum absolute atomic E-state index is 8.88. The zero-order valence-corrected chi connectivity index (χ0v) is 15.2. The number of nitrogens with one attached hydrogen (secondary N) is 3. The number of piperidine rings is 3. The van der Waals surface area contributed by atoms with Crippen molar-refractivity contribution in [2.75, 3.05) is 39.3 Å². The van der Waals surface area contributed by atoms with E-state index in [9.17, 15) is 0 Å². The van der Waals surface area contributed by atoms with Crippen molar-refractivity contribution in [3.05, 3.63) is 0 Å². The minimum Gasteiger partial charge on any atom is -0.317 e. The van der Waals surface area contributed by atoms with E-state index in [1.165, 1.54) is 97.1 Å². The fraction of sp³-hybridized carbons (Fsp3) is 1.00. The van der Waals surface area contributed by atoms with Gasteiger partial charge in [-0.2, -0.15) is 0 Å². The van der Waals surface area contributed by atoms with E-state index < -0.39 is 7.82 Å². The maximum Gasteiger partial charge on any atom is 0.466 e. The molecule has 0 radical (unpaired) electrons. The van der Waals surface area contributed by atoms with Crippen LogP contribution in [0, 0.1) is 0 Å². The highest BCUT2D eigenvalue weighted by atomic mass is 31.2. The Morgan fingerprint density at radius 3 is 0.696 bits per heavy atom. The molecule has 3 aliphatic heterocycles. The van der Waals surface area contributed by atoms with Crippen LogP contribution in [0.15, 0.2) is 0 Å². The quantitative estimate of drug-likeness (QED) is 0.364. The molecule has 140 valence electrons. The largest absolute Gasteiger partial charge is 0.466 e. The van der Waals surface area contributed by atoms with Crippen LogP contribution in [0.1, 0.15) is 57.8 Å². The molecular formula is C15H36N3O4P. The standard InChI is InChI=1S/3C5H11N.H3O4P/c3*1-2-4-6-5-3-1;1-5(2,3)4/h3*6H,1-5H2;(H3,1,2,3,4). The van der Waals surface area contributed by atoms with Crippen LogP contribution in [-0.4, -0.2) is 53.9 Å². The Balaban J connectivity index is 0.000000282. The van der Waals surface area contributed by atoms with E-state index in [1.807, 2.05) is 0 Å². The lowest BCUT2D eigenvalue weighted by atomic mass is 10.2. The summed E-state index contributed by atoms with van der Waals surface area (Å²) in [5.41, 5.74) is 0. The first kappa shape index (κ1) is 23.0. The summed E-state index contributed by atoms with van der Waals surface area (Å²) in [5.74, 6) is 0. The Hall–Kier alpha value is -0.0100. The second-order valence-electron chi connectivity index (χ2n) is 5.95. The zero-order chi connectivity index (χ0) is 17.2. The van der Waals surface area contributed by atoms with Gasteiger partial charge in [-0.15, -0.1) is 0 Å². The fourth-order valence-electron chi connectivity index (χ4n) is 2.41. The van der Waals surface area contributed by atoms with Crippen molar-refractivity contribution in [1.82, 2.24) is 16.0 Å². The Bertz CT molecular complexity index is 207. The lowest BCUT2D eigenvalue weighted by molar-refractivity contribution is 0.275. The molecular weight excluding hydrogens is 317 g/mol. The van der Waals surface area contributed by atoms with Crippen molar-refractivity contribution in [2.24, 2.45) is 0 Å². The number of rotatable bonds is 0. The Morgan fingerprint density at radius 2 is 0.652 bits per heavy atom. The summed E-state index contributed by atoms with van der Waals surface area (Å²) in [6.07, 6.45) is 12.6. The van der Waals surface area contributed by atoms with Crippen LogP contribution in [0.4, 0.5) is 0 Å². The average molecular weight is 353 g/mol. The molecule has 0 amide bonds. The molecule has 3 heterocycles. The third kappa shape index (κ3) is 27.2. The highest BCUT2D eigenvalue weighted by Gasteiger charge is 2.00. The van der Waals surface area contributed by atoms with Gasteiger partial charge in [-0.3, -0.25) is 0 Å². The first-order valence-corrected chi connectivity index (χ1v) is 10.5. The minimum absolute atomic E-state index is 1.25. The molecule has 0 bridgehead atoms. The van der Waals surface area contributed by atoms with Crippen molar-refractivity contribution >= 4 is 7.82 Å². The van der Waals surface area contributed by atoms with Crippen molar-refractivity contribution in [2.45, 2.75) is 57.8 Å². The van der Waals surface area contributed by atoms with Crippen LogP contribution in [0.5, 0.6) is 0 Å². The molecule has 0 unspecified atom stereocenters. The van der Waals surface area contributed by atoms with Crippen molar-refractivity contribution in [3.63, 3.8) is 0 Å². The second-order valence-corrected chi connectivity index (χ2v) is 6.97. The summed E-state index contributed by atoms with van der Waals surface area (Å²) >= 11 is 0. The van der Waals surface area contributed by atoms with E-state index in [0.29, 0.717) is 0 Å². The van der Waals surface area contributed by atoms with Crippen LogP contribution >= 0.6 is 7.82 Å². The lowest BCUT2D eigenvalue weighted by Crippen LogP contribution is -2.21. The Labute approximate surface area is 140 Å². The minimum atomic E-state index is -4.64. The summed E-state index contributed by atoms with van der Waals surface area (Å²) in [4.78, 5) is 21.6. The van der Waals surface area contributed by atoms with Gasteiger partial charge in [0.15, 0.2) is 0 Å². The topological polar surface area (TPSA) is 114 Å². The summed E-state index contributed by atoms with van der Waals surface area (Å²) in [6.45, 7) is 7.50. The summed E-state index contributed by atoms with van der Waals surface area (Å²) < 4.78 is 8.88. The summed E-state index contributed by atoms with van der Waals surface area (Å²) in [7, 11) is -4.64. The zero-order valence-electron chi connectivity index (χ0n) is 14.3. The van der Waals surface area contributed by atoms with E-state index in [4.69, 9.17) is 19.2 Å². The van der Waals surface area contributed by atoms with Gasteiger partial charge in [0.05, 0.1) is 0 Å². The number of hydrogen-bond acceptors (Lipinski definition) is 4.